The van der Waals surface area contributed by atoms with Gasteiger partial charge in [-0.3, -0.25) is 0 Å². The van der Waals surface area contributed by atoms with E-state index in [0.29, 0.717) is 6.61 Å². The molecule has 1 heterocycles. The quantitative estimate of drug-likeness (QED) is 0.795. The Balaban J connectivity index is 1.86. The summed E-state index contributed by atoms with van der Waals surface area (Å²) in [6.45, 7) is 2.30. The average Bonchev–Trinajstić information content (AvgIpc) is 2.48. The molecule has 1 N–H and O–H groups in total. The first kappa shape index (κ1) is 15.0. The minimum Gasteiger partial charge on any atom is -0.383 e. The molecule has 1 aromatic heterocycles. The van der Waals surface area contributed by atoms with Gasteiger partial charge in [0, 0.05) is 31.3 Å². The Labute approximate surface area is 122 Å². The monoisotopic (exact) mass is 292 g/mol. The Morgan fingerprint density at radius 3 is 2.65 bits per heavy atom. The third kappa shape index (κ3) is 4.92. The average molecular weight is 292 g/mol. The topological polar surface area (TPSA) is 34.1 Å². The van der Waals surface area contributed by atoms with Crippen LogP contribution in [0.4, 0.5) is 4.39 Å². The number of hydrogen-bond acceptors (Lipinski definition) is 4. The fourth-order valence-electron chi connectivity index (χ4n) is 1.61. The Bertz CT molecular complexity index is 516. The van der Waals surface area contributed by atoms with Crippen molar-refractivity contribution in [2.75, 3.05) is 20.3 Å². The van der Waals surface area contributed by atoms with Crippen LogP contribution >= 0.6 is 11.8 Å². The van der Waals surface area contributed by atoms with Gasteiger partial charge in [0.1, 0.15) is 10.8 Å². The van der Waals surface area contributed by atoms with Crippen molar-refractivity contribution in [1.29, 1.82) is 0 Å². The summed E-state index contributed by atoms with van der Waals surface area (Å²) in [6.07, 6.45) is 1.85. The minimum absolute atomic E-state index is 0.222. The van der Waals surface area contributed by atoms with Gasteiger partial charge in [0.2, 0.25) is 0 Å². The number of ether oxygens (including phenoxy) is 1. The van der Waals surface area contributed by atoms with E-state index in [1.807, 2.05) is 18.3 Å². The molecule has 0 aliphatic rings. The summed E-state index contributed by atoms with van der Waals surface area (Å²) >= 11 is 1.52. The Morgan fingerprint density at radius 1 is 1.20 bits per heavy atom. The summed E-state index contributed by atoms with van der Waals surface area (Å²) in [5, 5.41) is 4.16. The Morgan fingerprint density at radius 2 is 2.00 bits per heavy atom. The number of rotatable bonds is 7. The molecule has 0 radical (unpaired) electrons. The number of nitrogens with zero attached hydrogens (tertiary/aromatic N) is 1. The van der Waals surface area contributed by atoms with E-state index in [2.05, 4.69) is 10.3 Å². The maximum Gasteiger partial charge on any atom is 0.123 e. The van der Waals surface area contributed by atoms with Gasteiger partial charge < -0.3 is 10.1 Å². The summed E-state index contributed by atoms with van der Waals surface area (Å²) in [4.78, 5) is 5.37. The molecule has 0 saturated carbocycles. The molecule has 0 unspecified atom stereocenters. The molecule has 2 aromatic rings. The van der Waals surface area contributed by atoms with Gasteiger partial charge in [-0.1, -0.05) is 17.8 Å². The van der Waals surface area contributed by atoms with Crippen LogP contribution in [0.15, 0.2) is 52.5 Å². The molecular weight excluding hydrogens is 275 g/mol. The number of nitrogens with one attached hydrogen (secondary N) is 1. The van der Waals surface area contributed by atoms with Crippen molar-refractivity contribution in [1.82, 2.24) is 10.3 Å². The highest BCUT2D eigenvalue weighted by Crippen LogP contribution is 2.25. The van der Waals surface area contributed by atoms with Crippen molar-refractivity contribution in [2.45, 2.75) is 16.5 Å². The maximum atomic E-state index is 12.8. The molecule has 0 saturated heterocycles. The standard InChI is InChI=1S/C15H17FN2OS/c1-19-9-8-17-10-12-2-7-15(18-11-12)20-14-5-3-13(16)4-6-14/h2-7,11,17H,8-10H2,1H3. The molecule has 0 spiro atoms. The minimum atomic E-state index is -0.222. The van der Waals surface area contributed by atoms with Gasteiger partial charge in [-0.2, -0.15) is 0 Å². The second-order valence-electron chi connectivity index (χ2n) is 4.23. The lowest BCUT2D eigenvalue weighted by Gasteiger charge is -2.05. The van der Waals surface area contributed by atoms with Crippen molar-refractivity contribution < 1.29 is 9.13 Å². The van der Waals surface area contributed by atoms with Gasteiger partial charge in [-0.15, -0.1) is 0 Å². The van der Waals surface area contributed by atoms with Crippen molar-refractivity contribution in [2.24, 2.45) is 0 Å². The molecule has 5 heteroatoms. The number of aromatic nitrogens is 1. The molecule has 106 valence electrons. The molecule has 0 bridgehead atoms. The Kier molecular flexibility index (Phi) is 5.98. The molecular formula is C15H17FN2OS. The van der Waals surface area contributed by atoms with E-state index in [1.165, 1.54) is 23.9 Å². The molecule has 0 aliphatic carbocycles. The lowest BCUT2D eigenvalue weighted by Crippen LogP contribution is -2.18. The van der Waals surface area contributed by atoms with Crippen LogP contribution in [0, 0.1) is 5.82 Å². The summed E-state index contributed by atoms with van der Waals surface area (Å²) in [5.74, 6) is -0.222. The van der Waals surface area contributed by atoms with E-state index in [1.54, 1.807) is 19.2 Å². The SMILES string of the molecule is COCCNCc1ccc(Sc2ccc(F)cc2)nc1. The highest BCUT2D eigenvalue weighted by atomic mass is 32.2. The molecule has 0 amide bonds. The lowest BCUT2D eigenvalue weighted by molar-refractivity contribution is 0.199. The molecule has 0 atom stereocenters. The van der Waals surface area contributed by atoms with Crippen molar-refractivity contribution in [3.8, 4) is 0 Å². The highest BCUT2D eigenvalue weighted by Gasteiger charge is 2.00. The van der Waals surface area contributed by atoms with Crippen molar-refractivity contribution in [3.05, 3.63) is 54.0 Å². The maximum absolute atomic E-state index is 12.8. The number of halogens is 1. The molecule has 3 nitrogen and oxygen atoms in total. The highest BCUT2D eigenvalue weighted by molar-refractivity contribution is 7.99. The second-order valence-corrected chi connectivity index (χ2v) is 5.32. The smallest absolute Gasteiger partial charge is 0.123 e. The van der Waals surface area contributed by atoms with Crippen LogP contribution in [0.3, 0.4) is 0 Å². The third-order valence-electron chi connectivity index (χ3n) is 2.65. The summed E-state index contributed by atoms with van der Waals surface area (Å²) < 4.78 is 17.8. The summed E-state index contributed by atoms with van der Waals surface area (Å²) in [5.41, 5.74) is 1.13. The van der Waals surface area contributed by atoms with Gasteiger partial charge in [0.05, 0.1) is 6.61 Å². The van der Waals surface area contributed by atoms with Gasteiger partial charge >= 0.3 is 0 Å². The zero-order valence-electron chi connectivity index (χ0n) is 11.3. The fraction of sp³-hybridized carbons (Fsp3) is 0.267. The number of benzene rings is 1. The van der Waals surface area contributed by atoms with Gasteiger partial charge in [-0.05, 0) is 35.9 Å². The molecule has 1 aromatic carbocycles. The van der Waals surface area contributed by atoms with Crippen LogP contribution < -0.4 is 5.32 Å². The molecule has 2 rings (SSSR count). The summed E-state index contributed by atoms with van der Waals surface area (Å²) in [6, 6.07) is 10.4. The van der Waals surface area contributed by atoms with Crippen LogP contribution in [0.25, 0.3) is 0 Å². The normalized spacial score (nSPS) is 10.7. The first-order valence-corrected chi connectivity index (χ1v) is 7.17. The zero-order chi connectivity index (χ0) is 14.2. The van der Waals surface area contributed by atoms with E-state index >= 15 is 0 Å². The van der Waals surface area contributed by atoms with Crippen molar-refractivity contribution in [3.63, 3.8) is 0 Å². The predicted octanol–water partition coefficient (Wildman–Crippen LogP) is 3.11. The van der Waals surface area contributed by atoms with E-state index < -0.39 is 0 Å². The van der Waals surface area contributed by atoms with Crippen LogP contribution in [-0.2, 0) is 11.3 Å². The van der Waals surface area contributed by atoms with Gasteiger partial charge in [-0.25, -0.2) is 9.37 Å². The van der Waals surface area contributed by atoms with E-state index in [4.69, 9.17) is 4.74 Å². The number of pyridine rings is 1. The van der Waals surface area contributed by atoms with Crippen LogP contribution in [0.5, 0.6) is 0 Å². The molecule has 20 heavy (non-hydrogen) atoms. The first-order chi connectivity index (χ1) is 9.78. The predicted molar refractivity (Wildman–Crippen MR) is 78.3 cm³/mol. The van der Waals surface area contributed by atoms with E-state index in [0.717, 1.165) is 28.6 Å². The summed E-state index contributed by atoms with van der Waals surface area (Å²) in [7, 11) is 1.69. The van der Waals surface area contributed by atoms with Crippen LogP contribution in [0.1, 0.15) is 5.56 Å². The Hall–Kier alpha value is -1.43. The van der Waals surface area contributed by atoms with Gasteiger partial charge in [0.25, 0.3) is 0 Å². The van der Waals surface area contributed by atoms with Crippen molar-refractivity contribution >= 4 is 11.8 Å². The number of methoxy groups -OCH3 is 1. The first-order valence-electron chi connectivity index (χ1n) is 6.36. The van der Waals surface area contributed by atoms with E-state index in [9.17, 15) is 4.39 Å². The van der Waals surface area contributed by atoms with Gasteiger partial charge in [0.15, 0.2) is 0 Å². The third-order valence-corrected chi connectivity index (χ3v) is 3.60. The number of hydrogen-bond donors (Lipinski definition) is 1. The van der Waals surface area contributed by atoms with E-state index in [-0.39, 0.29) is 5.82 Å². The zero-order valence-corrected chi connectivity index (χ0v) is 12.1. The second kappa shape index (κ2) is 7.99. The van der Waals surface area contributed by atoms with Crippen LogP contribution in [0.2, 0.25) is 0 Å². The largest absolute Gasteiger partial charge is 0.383 e. The molecule has 0 aliphatic heterocycles. The van der Waals surface area contributed by atoms with Crippen LogP contribution in [-0.4, -0.2) is 25.2 Å². The molecule has 0 fully saturated rings. The fourth-order valence-corrected chi connectivity index (χ4v) is 2.36. The lowest BCUT2D eigenvalue weighted by atomic mass is 10.3.